The van der Waals surface area contributed by atoms with Gasteiger partial charge < -0.3 is 9.84 Å². The van der Waals surface area contributed by atoms with Crippen LogP contribution in [0, 0.1) is 0 Å². The maximum absolute atomic E-state index is 11.7. The second kappa shape index (κ2) is 23.0. The van der Waals surface area contributed by atoms with Crippen LogP contribution < -0.4 is 0 Å². The minimum Gasteiger partial charge on any atom is -0.508 e. The number of carbonyl (C=O) groups is 1. The van der Waals surface area contributed by atoms with Crippen LogP contribution in [0.3, 0.4) is 0 Å². The van der Waals surface area contributed by atoms with Gasteiger partial charge in [-0.25, -0.2) is 4.79 Å². The predicted octanol–water partition coefficient (Wildman–Crippen LogP) is 9.77. The third-order valence-corrected chi connectivity index (χ3v) is 6.55. The van der Waals surface area contributed by atoms with Crippen molar-refractivity contribution in [2.45, 2.75) is 135 Å². The van der Waals surface area contributed by atoms with Crippen LogP contribution in [0.4, 0.5) is 0 Å². The van der Waals surface area contributed by atoms with E-state index in [4.69, 9.17) is 4.74 Å². The Labute approximate surface area is 210 Å². The van der Waals surface area contributed by atoms with Gasteiger partial charge in [0.25, 0.3) is 0 Å². The Hall–Kier alpha value is -1.77. The molecule has 0 radical (unpaired) electrons. The first-order chi connectivity index (χ1) is 16.7. The standard InChI is InChI=1S/C31H52O3/c1-2-3-4-5-6-7-8-9-10-11-12-13-14-15-16-17-18-19-20-21-28-34-31(33)27-24-29-22-25-30(32)26-23-29/h22-27,32H,2-21,28H2,1H3. The van der Waals surface area contributed by atoms with Crippen LogP contribution in [-0.2, 0) is 9.53 Å². The van der Waals surface area contributed by atoms with Gasteiger partial charge in [0.2, 0.25) is 0 Å². The minimum atomic E-state index is -0.300. The van der Waals surface area contributed by atoms with E-state index >= 15 is 0 Å². The molecule has 0 aliphatic rings. The molecule has 0 bridgehead atoms. The third kappa shape index (κ3) is 19.7. The van der Waals surface area contributed by atoms with E-state index in [9.17, 15) is 9.90 Å². The first kappa shape index (κ1) is 30.3. The number of phenolic OH excluding ortho intramolecular Hbond substituents is 1. The molecule has 194 valence electrons. The number of hydrogen-bond donors (Lipinski definition) is 1. The van der Waals surface area contributed by atoms with Crippen molar-refractivity contribution >= 4 is 12.0 Å². The zero-order valence-electron chi connectivity index (χ0n) is 22.1. The monoisotopic (exact) mass is 472 g/mol. The molecule has 1 aromatic rings. The lowest BCUT2D eigenvalue weighted by atomic mass is 10.0. The Morgan fingerprint density at radius 1 is 0.647 bits per heavy atom. The number of phenols is 1. The number of benzene rings is 1. The molecule has 1 aromatic carbocycles. The fourth-order valence-corrected chi connectivity index (χ4v) is 4.33. The van der Waals surface area contributed by atoms with Gasteiger partial charge in [0.05, 0.1) is 6.61 Å². The van der Waals surface area contributed by atoms with Gasteiger partial charge >= 0.3 is 5.97 Å². The van der Waals surface area contributed by atoms with Gasteiger partial charge in [0, 0.05) is 6.08 Å². The van der Waals surface area contributed by atoms with Crippen molar-refractivity contribution in [2.75, 3.05) is 6.61 Å². The summed E-state index contributed by atoms with van der Waals surface area (Å²) in [5.74, 6) is -0.0785. The van der Waals surface area contributed by atoms with Crippen LogP contribution in [0.25, 0.3) is 6.08 Å². The van der Waals surface area contributed by atoms with Gasteiger partial charge in [0.1, 0.15) is 5.75 Å². The molecule has 0 heterocycles. The summed E-state index contributed by atoms with van der Waals surface area (Å²) in [4.78, 5) is 11.7. The van der Waals surface area contributed by atoms with Crippen molar-refractivity contribution in [1.82, 2.24) is 0 Å². The molecule has 0 aliphatic heterocycles. The number of rotatable bonds is 23. The number of unbranched alkanes of at least 4 members (excludes halogenated alkanes) is 19. The topological polar surface area (TPSA) is 46.5 Å². The first-order valence-electron chi connectivity index (χ1n) is 14.4. The number of ether oxygens (including phenoxy) is 1. The molecule has 3 heteroatoms. The lowest BCUT2D eigenvalue weighted by Crippen LogP contribution is -2.02. The number of carbonyl (C=O) groups excluding carboxylic acids is 1. The van der Waals surface area contributed by atoms with E-state index in [1.165, 1.54) is 122 Å². The summed E-state index contributed by atoms with van der Waals surface area (Å²) in [5, 5.41) is 9.25. The van der Waals surface area contributed by atoms with Gasteiger partial charge in [0.15, 0.2) is 0 Å². The van der Waals surface area contributed by atoms with Crippen LogP contribution in [0.15, 0.2) is 30.3 Å². The van der Waals surface area contributed by atoms with E-state index in [0.717, 1.165) is 18.4 Å². The SMILES string of the molecule is CCCCCCCCCCCCCCCCCCCCCCOC(=O)C=Cc1ccc(O)cc1. The summed E-state index contributed by atoms with van der Waals surface area (Å²) in [6.07, 6.45) is 30.5. The molecule has 1 rings (SSSR count). The molecule has 0 spiro atoms. The van der Waals surface area contributed by atoms with Crippen molar-refractivity contribution in [2.24, 2.45) is 0 Å². The van der Waals surface area contributed by atoms with Crippen molar-refractivity contribution in [3.63, 3.8) is 0 Å². The maximum atomic E-state index is 11.7. The summed E-state index contributed by atoms with van der Waals surface area (Å²) < 4.78 is 5.25. The molecule has 0 aliphatic carbocycles. The van der Waals surface area contributed by atoms with Gasteiger partial charge in [-0.2, -0.15) is 0 Å². The van der Waals surface area contributed by atoms with Gasteiger partial charge in [-0.3, -0.25) is 0 Å². The Bertz CT molecular complexity index is 606. The predicted molar refractivity (Wildman–Crippen MR) is 146 cm³/mol. The fraction of sp³-hybridized carbons (Fsp3) is 0.710. The highest BCUT2D eigenvalue weighted by Crippen LogP contribution is 2.15. The second-order valence-corrected chi connectivity index (χ2v) is 9.81. The van der Waals surface area contributed by atoms with E-state index in [1.54, 1.807) is 30.3 Å². The number of esters is 1. The van der Waals surface area contributed by atoms with Crippen LogP contribution >= 0.6 is 0 Å². The molecule has 0 amide bonds. The normalized spacial score (nSPS) is 11.3. The van der Waals surface area contributed by atoms with Crippen molar-refractivity contribution in [1.29, 1.82) is 0 Å². The molecular formula is C31H52O3. The van der Waals surface area contributed by atoms with Gasteiger partial charge in [-0.15, -0.1) is 0 Å². The smallest absolute Gasteiger partial charge is 0.330 e. The summed E-state index contributed by atoms with van der Waals surface area (Å²) in [7, 11) is 0. The number of aromatic hydroxyl groups is 1. The Morgan fingerprint density at radius 3 is 1.44 bits per heavy atom. The molecule has 0 aromatic heterocycles. The molecule has 0 saturated heterocycles. The third-order valence-electron chi connectivity index (χ3n) is 6.55. The molecule has 0 saturated carbocycles. The van der Waals surface area contributed by atoms with E-state index < -0.39 is 0 Å². The summed E-state index contributed by atoms with van der Waals surface area (Å²) >= 11 is 0. The van der Waals surface area contributed by atoms with Crippen LogP contribution in [0.5, 0.6) is 5.75 Å². The summed E-state index contributed by atoms with van der Waals surface area (Å²) in [6.45, 7) is 2.78. The fourth-order valence-electron chi connectivity index (χ4n) is 4.33. The van der Waals surface area contributed by atoms with E-state index in [0.29, 0.717) is 6.61 Å². The second-order valence-electron chi connectivity index (χ2n) is 9.81. The molecule has 3 nitrogen and oxygen atoms in total. The number of hydrogen-bond acceptors (Lipinski definition) is 3. The maximum Gasteiger partial charge on any atom is 0.330 e. The summed E-state index contributed by atoms with van der Waals surface area (Å²) in [5.41, 5.74) is 0.869. The van der Waals surface area contributed by atoms with Crippen molar-refractivity contribution in [3.05, 3.63) is 35.9 Å². The van der Waals surface area contributed by atoms with E-state index in [-0.39, 0.29) is 11.7 Å². The molecule has 0 fully saturated rings. The highest BCUT2D eigenvalue weighted by molar-refractivity contribution is 5.87. The van der Waals surface area contributed by atoms with E-state index in [1.807, 2.05) is 0 Å². The van der Waals surface area contributed by atoms with Crippen LogP contribution in [0.2, 0.25) is 0 Å². The average molecular weight is 473 g/mol. The zero-order chi connectivity index (χ0) is 24.5. The quantitative estimate of drug-likeness (QED) is 0.0979. The zero-order valence-corrected chi connectivity index (χ0v) is 22.1. The lowest BCUT2D eigenvalue weighted by molar-refractivity contribution is -0.137. The summed E-state index contributed by atoms with van der Waals surface area (Å²) in [6, 6.07) is 6.73. The minimum absolute atomic E-state index is 0.222. The molecule has 0 atom stereocenters. The highest BCUT2D eigenvalue weighted by Gasteiger charge is 1.98. The lowest BCUT2D eigenvalue weighted by Gasteiger charge is -2.04. The highest BCUT2D eigenvalue weighted by atomic mass is 16.5. The van der Waals surface area contributed by atoms with Gasteiger partial charge in [-0.1, -0.05) is 141 Å². The van der Waals surface area contributed by atoms with Crippen molar-refractivity contribution in [3.8, 4) is 5.75 Å². The van der Waals surface area contributed by atoms with Crippen molar-refractivity contribution < 1.29 is 14.6 Å². The Balaban J connectivity index is 1.75. The van der Waals surface area contributed by atoms with Gasteiger partial charge in [-0.05, 0) is 30.2 Å². The first-order valence-corrected chi connectivity index (χ1v) is 14.4. The molecule has 1 N–H and O–H groups in total. The molecule has 0 unspecified atom stereocenters. The Kier molecular flexibility index (Phi) is 20.5. The largest absolute Gasteiger partial charge is 0.508 e. The van der Waals surface area contributed by atoms with E-state index in [2.05, 4.69) is 6.92 Å². The Morgan fingerprint density at radius 2 is 1.03 bits per heavy atom. The van der Waals surface area contributed by atoms with Crippen LogP contribution in [0.1, 0.15) is 141 Å². The average Bonchev–Trinajstić information content (AvgIpc) is 2.84. The van der Waals surface area contributed by atoms with Crippen LogP contribution in [-0.4, -0.2) is 17.7 Å². The molecular weight excluding hydrogens is 420 g/mol. The molecule has 34 heavy (non-hydrogen) atoms.